The zero-order chi connectivity index (χ0) is 13.5. The molecule has 0 bridgehead atoms. The van der Waals surface area contributed by atoms with Crippen molar-refractivity contribution in [2.45, 2.75) is 25.0 Å². The fourth-order valence-corrected chi connectivity index (χ4v) is 1.75. The molecule has 2 rings (SSSR count). The summed E-state index contributed by atoms with van der Waals surface area (Å²) in [5, 5.41) is 0. The number of hydrogen-bond donors (Lipinski definition) is 0. The summed E-state index contributed by atoms with van der Waals surface area (Å²) in [5.74, 6) is 3.30. The van der Waals surface area contributed by atoms with Gasteiger partial charge in [0.05, 0.1) is 25.4 Å². The zero-order valence-corrected chi connectivity index (χ0v) is 10.3. The van der Waals surface area contributed by atoms with E-state index in [0.29, 0.717) is 13.2 Å². The van der Waals surface area contributed by atoms with Crippen molar-refractivity contribution in [3.63, 3.8) is 0 Å². The van der Waals surface area contributed by atoms with E-state index in [1.807, 2.05) is 0 Å². The van der Waals surface area contributed by atoms with Crippen molar-refractivity contribution in [1.82, 2.24) is 0 Å². The maximum absolute atomic E-state index is 10.8. The van der Waals surface area contributed by atoms with Gasteiger partial charge in [-0.25, -0.2) is 9.59 Å². The minimum atomic E-state index is -0.254. The molecule has 7 heteroatoms. The van der Waals surface area contributed by atoms with E-state index in [2.05, 4.69) is 0 Å². The molecule has 0 aromatic carbocycles. The third-order valence-corrected chi connectivity index (χ3v) is 2.68. The lowest BCUT2D eigenvalue weighted by Gasteiger charge is -2.12. The molecule has 0 amide bonds. The van der Waals surface area contributed by atoms with Gasteiger partial charge in [0, 0.05) is 12.8 Å². The highest BCUT2D eigenvalue weighted by molar-refractivity contribution is 5.54. The van der Waals surface area contributed by atoms with Crippen molar-refractivity contribution in [2.24, 2.45) is 0 Å². The van der Waals surface area contributed by atoms with Crippen molar-refractivity contribution in [2.75, 3.05) is 26.8 Å². The molecule has 0 saturated carbocycles. The fraction of sp³-hybridized carbons (Fsp3) is 0.667. The molecule has 19 heavy (non-hydrogen) atoms. The molecule has 0 aromatic rings. The standard InChI is InChI=1S/C12H14O7/c13-3-9(1-11-5-15-7-17-11)19-10(4-14)2-12-6-16-8-18-12/h11-12H,1-2,5-8H2. The van der Waals surface area contributed by atoms with Crippen molar-refractivity contribution >= 4 is 11.9 Å². The highest BCUT2D eigenvalue weighted by Gasteiger charge is 2.23. The lowest BCUT2D eigenvalue weighted by Crippen LogP contribution is -2.15. The Morgan fingerprint density at radius 1 is 0.947 bits per heavy atom. The molecule has 2 saturated heterocycles. The van der Waals surface area contributed by atoms with Gasteiger partial charge in [-0.2, -0.15) is 0 Å². The summed E-state index contributed by atoms with van der Waals surface area (Å²) in [4.78, 5) is 21.6. The molecule has 104 valence electrons. The highest BCUT2D eigenvalue weighted by atomic mass is 16.7. The smallest absolute Gasteiger partial charge is 0.190 e. The number of hydrogen-bond acceptors (Lipinski definition) is 7. The van der Waals surface area contributed by atoms with Crippen molar-refractivity contribution in [1.29, 1.82) is 0 Å². The van der Waals surface area contributed by atoms with Crippen LogP contribution in [-0.2, 0) is 33.3 Å². The summed E-state index contributed by atoms with van der Waals surface area (Å²) in [6.45, 7) is 1.16. The molecular weight excluding hydrogens is 256 g/mol. The van der Waals surface area contributed by atoms with Gasteiger partial charge >= 0.3 is 0 Å². The highest BCUT2D eigenvalue weighted by Crippen LogP contribution is 2.19. The van der Waals surface area contributed by atoms with Crippen LogP contribution in [0.3, 0.4) is 0 Å². The number of carbonyl (C=O) groups excluding carboxylic acids is 2. The van der Waals surface area contributed by atoms with Crippen LogP contribution in [0.2, 0.25) is 0 Å². The molecular formula is C12H14O7. The summed E-state index contributed by atoms with van der Waals surface area (Å²) < 4.78 is 25.5. The minimum Gasteiger partial charge on any atom is -0.443 e. The van der Waals surface area contributed by atoms with Gasteiger partial charge < -0.3 is 23.7 Å². The van der Waals surface area contributed by atoms with Gasteiger partial charge in [-0.1, -0.05) is 0 Å². The first-order valence-electron chi connectivity index (χ1n) is 5.86. The second-order valence-electron chi connectivity index (χ2n) is 4.12. The zero-order valence-electron chi connectivity index (χ0n) is 10.3. The second-order valence-corrected chi connectivity index (χ2v) is 4.12. The Kier molecular flexibility index (Phi) is 5.30. The van der Waals surface area contributed by atoms with Crippen molar-refractivity contribution in [3.05, 3.63) is 11.5 Å². The van der Waals surface area contributed by atoms with Gasteiger partial charge in [0.25, 0.3) is 0 Å². The first-order chi connectivity index (χ1) is 9.31. The van der Waals surface area contributed by atoms with E-state index in [-0.39, 0.29) is 50.2 Å². The van der Waals surface area contributed by atoms with Gasteiger partial charge in [0.1, 0.15) is 13.6 Å². The average molecular weight is 270 g/mol. The van der Waals surface area contributed by atoms with E-state index in [1.165, 1.54) is 0 Å². The maximum atomic E-state index is 10.8. The Labute approximate surface area is 109 Å². The summed E-state index contributed by atoms with van der Waals surface area (Å²) >= 11 is 0. The van der Waals surface area contributed by atoms with E-state index in [0.717, 1.165) is 0 Å². The largest absolute Gasteiger partial charge is 0.443 e. The predicted octanol–water partition coefficient (Wildman–Crippen LogP) is -0.0400. The Balaban J connectivity index is 1.84. The molecule has 2 fully saturated rings. The molecule has 2 atom stereocenters. The molecule has 2 aliphatic heterocycles. The van der Waals surface area contributed by atoms with Gasteiger partial charge in [0.2, 0.25) is 0 Å². The van der Waals surface area contributed by atoms with Gasteiger partial charge in [-0.15, -0.1) is 0 Å². The SMILES string of the molecule is O=C=C(CC1COCO1)OC(=C=O)CC1COCO1. The van der Waals surface area contributed by atoms with E-state index in [1.54, 1.807) is 11.9 Å². The van der Waals surface area contributed by atoms with Crippen LogP contribution in [0, 0.1) is 0 Å². The van der Waals surface area contributed by atoms with Gasteiger partial charge in [0.15, 0.2) is 23.4 Å². The normalized spacial score (nSPS) is 25.7. The van der Waals surface area contributed by atoms with Crippen molar-refractivity contribution in [3.8, 4) is 0 Å². The topological polar surface area (TPSA) is 80.3 Å². The van der Waals surface area contributed by atoms with Crippen LogP contribution in [0.5, 0.6) is 0 Å². The van der Waals surface area contributed by atoms with Crippen LogP contribution in [0.25, 0.3) is 0 Å². The third kappa shape index (κ3) is 4.29. The Morgan fingerprint density at radius 3 is 1.74 bits per heavy atom. The summed E-state index contributed by atoms with van der Waals surface area (Å²) in [7, 11) is 0. The molecule has 2 unspecified atom stereocenters. The predicted molar refractivity (Wildman–Crippen MR) is 60.1 cm³/mol. The van der Waals surface area contributed by atoms with Crippen LogP contribution in [0.1, 0.15) is 12.8 Å². The van der Waals surface area contributed by atoms with Gasteiger partial charge in [-0.05, 0) is 0 Å². The van der Waals surface area contributed by atoms with E-state index >= 15 is 0 Å². The Bertz CT molecular complexity index is 356. The Morgan fingerprint density at radius 2 is 1.42 bits per heavy atom. The van der Waals surface area contributed by atoms with Crippen LogP contribution >= 0.6 is 0 Å². The first-order valence-corrected chi connectivity index (χ1v) is 5.86. The Hall–Kier alpha value is -1.46. The molecule has 2 heterocycles. The molecule has 0 spiro atoms. The van der Waals surface area contributed by atoms with E-state index in [4.69, 9.17) is 23.7 Å². The van der Waals surface area contributed by atoms with Crippen LogP contribution in [-0.4, -0.2) is 50.9 Å². The quantitative estimate of drug-likeness (QED) is 0.495. The molecule has 0 radical (unpaired) electrons. The first kappa shape index (κ1) is 14.0. The molecule has 0 N–H and O–H groups in total. The van der Waals surface area contributed by atoms with Crippen molar-refractivity contribution < 1.29 is 33.3 Å². The van der Waals surface area contributed by atoms with Gasteiger partial charge in [-0.3, -0.25) is 0 Å². The fourth-order valence-electron chi connectivity index (χ4n) is 1.75. The van der Waals surface area contributed by atoms with Crippen LogP contribution in [0.15, 0.2) is 11.5 Å². The number of ether oxygens (including phenoxy) is 5. The maximum Gasteiger partial charge on any atom is 0.190 e. The van der Waals surface area contributed by atoms with Crippen LogP contribution in [0.4, 0.5) is 0 Å². The summed E-state index contributed by atoms with van der Waals surface area (Å²) in [6, 6.07) is 0. The molecule has 7 nitrogen and oxygen atoms in total. The minimum absolute atomic E-state index is 0.00670. The van der Waals surface area contributed by atoms with E-state index < -0.39 is 0 Å². The summed E-state index contributed by atoms with van der Waals surface area (Å²) in [5.41, 5.74) is 0. The molecule has 2 aliphatic rings. The van der Waals surface area contributed by atoms with Crippen LogP contribution < -0.4 is 0 Å². The third-order valence-electron chi connectivity index (χ3n) is 2.68. The molecule has 0 aliphatic carbocycles. The lowest BCUT2D eigenvalue weighted by atomic mass is 10.2. The monoisotopic (exact) mass is 270 g/mol. The lowest BCUT2D eigenvalue weighted by molar-refractivity contribution is 0.0401. The average Bonchev–Trinajstić information content (AvgIpc) is 3.10. The van der Waals surface area contributed by atoms with E-state index in [9.17, 15) is 9.59 Å². The second kappa shape index (κ2) is 7.21. The molecule has 0 aromatic heterocycles. The summed E-state index contributed by atoms with van der Waals surface area (Å²) in [6.07, 6.45) is -0.0984. The number of rotatable bonds is 6.